The van der Waals surface area contributed by atoms with Crippen LogP contribution >= 0.6 is 23.1 Å². The van der Waals surface area contributed by atoms with Crippen molar-refractivity contribution in [1.29, 1.82) is 0 Å². The van der Waals surface area contributed by atoms with Crippen molar-refractivity contribution >= 4 is 28.3 Å². The van der Waals surface area contributed by atoms with Gasteiger partial charge in [0, 0.05) is 40.5 Å². The molecule has 0 aliphatic carbocycles. The maximum Gasteiger partial charge on any atom is 0.206 e. The number of hydrogen-bond donors (Lipinski definition) is 3. The third kappa shape index (κ3) is 3.49. The van der Waals surface area contributed by atoms with Crippen LogP contribution in [0.25, 0.3) is 0 Å². The first kappa shape index (κ1) is 19.2. The Hall–Kier alpha value is -2.12. The van der Waals surface area contributed by atoms with Crippen LogP contribution in [0.4, 0.5) is 0 Å². The first-order valence-electron chi connectivity index (χ1n) is 9.21. The highest BCUT2D eigenvalue weighted by molar-refractivity contribution is 8.13. The van der Waals surface area contributed by atoms with Gasteiger partial charge in [-0.05, 0) is 31.4 Å². The molecule has 0 fully saturated rings. The van der Waals surface area contributed by atoms with Crippen molar-refractivity contribution < 1.29 is 14.9 Å². The molecule has 4 rings (SSSR count). The second-order valence-electron chi connectivity index (χ2n) is 7.87. The Morgan fingerprint density at radius 2 is 2.21 bits per heavy atom. The zero-order valence-electron chi connectivity index (χ0n) is 15.9. The summed E-state index contributed by atoms with van der Waals surface area (Å²) in [5, 5.41) is 27.0. The van der Waals surface area contributed by atoms with Gasteiger partial charge in [0.15, 0.2) is 16.7 Å². The summed E-state index contributed by atoms with van der Waals surface area (Å²) in [6.07, 6.45) is 3.17. The summed E-state index contributed by atoms with van der Waals surface area (Å²) in [4.78, 5) is 6.14. The molecule has 7 heteroatoms. The van der Waals surface area contributed by atoms with Gasteiger partial charge in [0.1, 0.15) is 0 Å². The molecule has 2 aliphatic heterocycles. The molecular weight excluding hydrogens is 392 g/mol. The SMILES string of the molecule is C=CCSC1=N[C@@]2(C[C@@H](c3cccs3)c3ccc(O)c(O)c3O2)CC(C)(C)N1. The van der Waals surface area contributed by atoms with E-state index in [1.54, 1.807) is 23.1 Å². The van der Waals surface area contributed by atoms with Crippen LogP contribution in [0, 0.1) is 0 Å². The number of phenolic OH excluding ortho intramolecular Hbond substituents is 2. The average molecular weight is 417 g/mol. The van der Waals surface area contributed by atoms with E-state index in [9.17, 15) is 10.2 Å². The minimum absolute atomic E-state index is 0.0403. The van der Waals surface area contributed by atoms with Gasteiger partial charge in [0.05, 0.1) is 0 Å². The molecule has 0 radical (unpaired) electrons. The van der Waals surface area contributed by atoms with Crippen LogP contribution in [0.15, 0.2) is 47.3 Å². The number of aliphatic imine (C=N–C) groups is 1. The Kier molecular flexibility index (Phi) is 4.83. The minimum atomic E-state index is -0.814. The molecule has 5 nitrogen and oxygen atoms in total. The van der Waals surface area contributed by atoms with Crippen LogP contribution in [0.5, 0.6) is 17.2 Å². The number of fused-ring (bicyclic) bond motifs is 1. The Bertz CT molecular complexity index is 924. The normalized spacial score (nSPS) is 25.4. The van der Waals surface area contributed by atoms with Crippen molar-refractivity contribution in [3.63, 3.8) is 0 Å². The van der Waals surface area contributed by atoms with Gasteiger partial charge in [-0.2, -0.15) is 0 Å². The smallest absolute Gasteiger partial charge is 0.206 e. The Morgan fingerprint density at radius 3 is 2.93 bits per heavy atom. The highest BCUT2D eigenvalue weighted by atomic mass is 32.2. The molecule has 1 spiro atoms. The first-order valence-corrected chi connectivity index (χ1v) is 11.1. The van der Waals surface area contributed by atoms with Gasteiger partial charge in [-0.15, -0.1) is 17.9 Å². The van der Waals surface area contributed by atoms with E-state index in [4.69, 9.17) is 9.73 Å². The predicted octanol–water partition coefficient (Wildman–Crippen LogP) is 4.82. The molecule has 3 heterocycles. The van der Waals surface area contributed by atoms with Crippen LogP contribution in [-0.2, 0) is 0 Å². The van der Waals surface area contributed by atoms with Gasteiger partial charge < -0.3 is 20.3 Å². The maximum absolute atomic E-state index is 10.6. The van der Waals surface area contributed by atoms with Crippen LogP contribution in [-0.4, -0.2) is 32.4 Å². The Morgan fingerprint density at radius 1 is 1.39 bits per heavy atom. The summed E-state index contributed by atoms with van der Waals surface area (Å²) in [5.74, 6) is 0.719. The summed E-state index contributed by atoms with van der Waals surface area (Å²) < 4.78 is 6.37. The molecule has 0 bridgehead atoms. The van der Waals surface area contributed by atoms with Crippen molar-refractivity contribution in [1.82, 2.24) is 5.32 Å². The van der Waals surface area contributed by atoms with Gasteiger partial charge in [-0.25, -0.2) is 4.99 Å². The Labute approximate surface area is 173 Å². The predicted molar refractivity (Wildman–Crippen MR) is 116 cm³/mol. The third-order valence-electron chi connectivity index (χ3n) is 5.02. The van der Waals surface area contributed by atoms with E-state index in [1.165, 1.54) is 10.9 Å². The van der Waals surface area contributed by atoms with E-state index in [2.05, 4.69) is 37.2 Å². The van der Waals surface area contributed by atoms with Crippen LogP contribution < -0.4 is 10.1 Å². The molecule has 0 saturated carbocycles. The summed E-state index contributed by atoms with van der Waals surface area (Å²) >= 11 is 3.27. The van der Waals surface area contributed by atoms with Gasteiger partial charge >= 0.3 is 0 Å². The Balaban J connectivity index is 1.84. The summed E-state index contributed by atoms with van der Waals surface area (Å²) in [6, 6.07) is 7.50. The highest BCUT2D eigenvalue weighted by Gasteiger charge is 2.49. The number of amidine groups is 1. The number of thioether (sulfide) groups is 1. The summed E-state index contributed by atoms with van der Waals surface area (Å²) in [6.45, 7) is 8.04. The van der Waals surface area contributed by atoms with Gasteiger partial charge in [0.2, 0.25) is 11.5 Å². The summed E-state index contributed by atoms with van der Waals surface area (Å²) in [7, 11) is 0. The number of phenols is 2. The molecule has 2 aliphatic rings. The van der Waals surface area contributed by atoms with Crippen molar-refractivity contribution in [3.05, 3.63) is 52.7 Å². The fourth-order valence-electron chi connectivity index (χ4n) is 4.02. The molecule has 3 N–H and O–H groups in total. The molecule has 1 aromatic heterocycles. The number of ether oxygens (including phenoxy) is 1. The number of aromatic hydroxyl groups is 2. The maximum atomic E-state index is 10.6. The number of thiophene rings is 1. The standard InChI is InChI=1S/C21H24N2O3S2/c1-4-9-28-19-22-20(2,3)12-21(23-19)11-14(16-6-5-10-27-16)13-7-8-15(24)17(25)18(13)26-21/h4-8,10,14,24-25H,1,9,11-12H2,2-3H3,(H,22,23)/t14-,21-/m1/s1. The minimum Gasteiger partial charge on any atom is -0.504 e. The second-order valence-corrected chi connectivity index (χ2v) is 9.86. The van der Waals surface area contributed by atoms with E-state index in [0.29, 0.717) is 18.6 Å². The third-order valence-corrected chi connectivity index (χ3v) is 6.88. The van der Waals surface area contributed by atoms with E-state index in [0.717, 1.165) is 16.5 Å². The molecular formula is C21H24N2O3S2. The van der Waals surface area contributed by atoms with Gasteiger partial charge in [-0.1, -0.05) is 30.0 Å². The van der Waals surface area contributed by atoms with E-state index < -0.39 is 5.72 Å². The molecule has 28 heavy (non-hydrogen) atoms. The van der Waals surface area contributed by atoms with Crippen LogP contribution in [0.2, 0.25) is 0 Å². The lowest BCUT2D eigenvalue weighted by Crippen LogP contribution is -2.57. The second kappa shape index (κ2) is 7.04. The largest absolute Gasteiger partial charge is 0.504 e. The van der Waals surface area contributed by atoms with Gasteiger partial charge in [-0.3, -0.25) is 0 Å². The fourth-order valence-corrected chi connectivity index (χ4v) is 5.72. The number of hydrogen-bond acceptors (Lipinski definition) is 7. The lowest BCUT2D eigenvalue weighted by molar-refractivity contribution is 0.0111. The monoisotopic (exact) mass is 416 g/mol. The molecule has 2 aromatic rings. The molecule has 0 amide bonds. The molecule has 148 valence electrons. The molecule has 0 saturated heterocycles. The van der Waals surface area contributed by atoms with E-state index in [1.807, 2.05) is 18.2 Å². The number of benzene rings is 1. The van der Waals surface area contributed by atoms with E-state index in [-0.39, 0.29) is 23.0 Å². The lowest BCUT2D eigenvalue weighted by Gasteiger charge is -2.47. The number of rotatable bonds is 3. The van der Waals surface area contributed by atoms with Crippen molar-refractivity contribution in [2.24, 2.45) is 4.99 Å². The summed E-state index contributed by atoms with van der Waals surface area (Å²) in [5.41, 5.74) is -0.157. The quantitative estimate of drug-likeness (QED) is 0.494. The fraction of sp³-hybridized carbons (Fsp3) is 0.381. The van der Waals surface area contributed by atoms with Crippen molar-refractivity contribution in [3.8, 4) is 17.2 Å². The zero-order valence-corrected chi connectivity index (χ0v) is 17.6. The van der Waals surface area contributed by atoms with E-state index >= 15 is 0 Å². The molecule has 2 atom stereocenters. The van der Waals surface area contributed by atoms with Gasteiger partial charge in [0.25, 0.3) is 0 Å². The van der Waals surface area contributed by atoms with Crippen LogP contribution in [0.3, 0.4) is 0 Å². The number of nitrogens with one attached hydrogen (secondary N) is 1. The topological polar surface area (TPSA) is 74.1 Å². The van der Waals surface area contributed by atoms with Crippen molar-refractivity contribution in [2.75, 3.05) is 5.75 Å². The van der Waals surface area contributed by atoms with Crippen LogP contribution in [0.1, 0.15) is 43.0 Å². The first-order chi connectivity index (χ1) is 13.3. The zero-order chi connectivity index (χ0) is 19.9. The average Bonchev–Trinajstić information content (AvgIpc) is 3.16. The molecule has 0 unspecified atom stereocenters. The lowest BCUT2D eigenvalue weighted by atomic mass is 9.80. The molecule has 1 aromatic carbocycles. The highest BCUT2D eigenvalue weighted by Crippen LogP contribution is 2.54. The number of nitrogens with zero attached hydrogens (tertiary/aromatic N) is 1. The van der Waals surface area contributed by atoms with Crippen molar-refractivity contribution in [2.45, 2.75) is 43.9 Å².